The summed E-state index contributed by atoms with van der Waals surface area (Å²) >= 11 is 0. The second-order valence-electron chi connectivity index (χ2n) is 4.07. The van der Waals surface area contributed by atoms with Crippen LogP contribution in [0, 0.1) is 0 Å². The van der Waals surface area contributed by atoms with Gasteiger partial charge in [-0.1, -0.05) is 13.3 Å². The number of hydrogen-bond donors (Lipinski definition) is 2. The summed E-state index contributed by atoms with van der Waals surface area (Å²) in [4.78, 5) is 3.95. The first-order valence-electron chi connectivity index (χ1n) is 6.18. The molecule has 0 aliphatic carbocycles. The van der Waals surface area contributed by atoms with Gasteiger partial charge in [0, 0.05) is 32.1 Å². The molecule has 0 spiro atoms. The molecule has 4 heteroatoms. The summed E-state index contributed by atoms with van der Waals surface area (Å²) in [6.07, 6.45) is 5.27. The molecular formula is C13H22N2O2. The molecule has 0 saturated carbocycles. The van der Waals surface area contributed by atoms with E-state index in [1.807, 2.05) is 12.1 Å². The van der Waals surface area contributed by atoms with Crippen LogP contribution in [-0.2, 0) is 11.3 Å². The van der Waals surface area contributed by atoms with Crippen LogP contribution in [0.2, 0.25) is 0 Å². The van der Waals surface area contributed by atoms with E-state index in [1.165, 1.54) is 5.56 Å². The van der Waals surface area contributed by atoms with E-state index in [0.29, 0.717) is 13.2 Å². The second-order valence-corrected chi connectivity index (χ2v) is 4.07. The molecule has 1 aromatic rings. The highest BCUT2D eigenvalue weighted by molar-refractivity contribution is 5.08. The zero-order chi connectivity index (χ0) is 12.3. The first-order chi connectivity index (χ1) is 8.33. The van der Waals surface area contributed by atoms with Crippen molar-refractivity contribution in [3.05, 3.63) is 30.1 Å². The Bertz CT molecular complexity index is 280. The first-order valence-corrected chi connectivity index (χ1v) is 6.18. The van der Waals surface area contributed by atoms with E-state index in [9.17, 15) is 5.11 Å². The maximum absolute atomic E-state index is 9.63. The fraction of sp³-hybridized carbons (Fsp3) is 0.615. The number of aliphatic hydroxyl groups is 1. The van der Waals surface area contributed by atoms with Gasteiger partial charge in [0.2, 0.25) is 0 Å². The molecule has 0 aromatic carbocycles. The number of nitrogens with zero attached hydrogens (tertiary/aromatic N) is 1. The average Bonchev–Trinajstić information content (AvgIpc) is 2.36. The van der Waals surface area contributed by atoms with Crippen molar-refractivity contribution in [1.82, 2.24) is 10.3 Å². The van der Waals surface area contributed by atoms with Crippen molar-refractivity contribution in [2.45, 2.75) is 32.4 Å². The highest BCUT2D eigenvalue weighted by atomic mass is 16.5. The second kappa shape index (κ2) is 9.10. The smallest absolute Gasteiger partial charge is 0.0897 e. The predicted molar refractivity (Wildman–Crippen MR) is 67.7 cm³/mol. The van der Waals surface area contributed by atoms with Gasteiger partial charge in [0.05, 0.1) is 12.7 Å². The molecule has 0 amide bonds. The molecule has 1 rings (SSSR count). The van der Waals surface area contributed by atoms with Crippen LogP contribution in [0.3, 0.4) is 0 Å². The Kier molecular flexibility index (Phi) is 7.54. The third-order valence-corrected chi connectivity index (χ3v) is 2.41. The SMILES string of the molecule is CCCCOCC(O)CNCc1ccncc1. The van der Waals surface area contributed by atoms with Gasteiger partial charge < -0.3 is 15.2 Å². The normalized spacial score (nSPS) is 12.6. The summed E-state index contributed by atoms with van der Waals surface area (Å²) < 4.78 is 5.34. The van der Waals surface area contributed by atoms with E-state index in [2.05, 4.69) is 17.2 Å². The number of unbranched alkanes of at least 4 members (excludes halogenated alkanes) is 1. The molecule has 1 aromatic heterocycles. The molecule has 0 saturated heterocycles. The van der Waals surface area contributed by atoms with Gasteiger partial charge in [0.15, 0.2) is 0 Å². The zero-order valence-corrected chi connectivity index (χ0v) is 10.4. The van der Waals surface area contributed by atoms with Crippen LogP contribution in [-0.4, -0.2) is 36.0 Å². The molecule has 2 N–H and O–H groups in total. The monoisotopic (exact) mass is 238 g/mol. The van der Waals surface area contributed by atoms with Crippen LogP contribution >= 0.6 is 0 Å². The number of nitrogens with one attached hydrogen (secondary N) is 1. The first kappa shape index (κ1) is 14.1. The van der Waals surface area contributed by atoms with Crippen LogP contribution in [0.1, 0.15) is 25.3 Å². The van der Waals surface area contributed by atoms with E-state index in [0.717, 1.165) is 26.0 Å². The van der Waals surface area contributed by atoms with Crippen molar-refractivity contribution in [1.29, 1.82) is 0 Å². The Morgan fingerprint density at radius 2 is 2.18 bits per heavy atom. The van der Waals surface area contributed by atoms with Crippen molar-refractivity contribution < 1.29 is 9.84 Å². The fourth-order valence-electron chi connectivity index (χ4n) is 1.41. The van der Waals surface area contributed by atoms with Gasteiger partial charge in [-0.15, -0.1) is 0 Å². The van der Waals surface area contributed by atoms with Gasteiger partial charge in [0.1, 0.15) is 0 Å². The van der Waals surface area contributed by atoms with Gasteiger partial charge in [-0.3, -0.25) is 4.98 Å². The molecule has 1 unspecified atom stereocenters. The van der Waals surface area contributed by atoms with Crippen molar-refractivity contribution in [2.24, 2.45) is 0 Å². The van der Waals surface area contributed by atoms with E-state index < -0.39 is 6.10 Å². The highest BCUT2D eigenvalue weighted by Crippen LogP contribution is 1.95. The van der Waals surface area contributed by atoms with Crippen LogP contribution in [0.5, 0.6) is 0 Å². The highest BCUT2D eigenvalue weighted by Gasteiger charge is 2.03. The lowest BCUT2D eigenvalue weighted by Crippen LogP contribution is -2.30. The minimum Gasteiger partial charge on any atom is -0.389 e. The van der Waals surface area contributed by atoms with Crippen molar-refractivity contribution in [3.63, 3.8) is 0 Å². The lowest BCUT2D eigenvalue weighted by Gasteiger charge is -2.12. The van der Waals surface area contributed by atoms with Crippen molar-refractivity contribution in [3.8, 4) is 0 Å². The van der Waals surface area contributed by atoms with Gasteiger partial charge in [-0.2, -0.15) is 0 Å². The Balaban J connectivity index is 2.02. The van der Waals surface area contributed by atoms with Gasteiger partial charge in [-0.05, 0) is 24.1 Å². The minimum atomic E-state index is -0.436. The van der Waals surface area contributed by atoms with E-state index in [4.69, 9.17) is 4.74 Å². The molecule has 17 heavy (non-hydrogen) atoms. The Morgan fingerprint density at radius 1 is 1.41 bits per heavy atom. The van der Waals surface area contributed by atoms with Gasteiger partial charge >= 0.3 is 0 Å². The Morgan fingerprint density at radius 3 is 2.88 bits per heavy atom. The van der Waals surface area contributed by atoms with E-state index in [1.54, 1.807) is 12.4 Å². The summed E-state index contributed by atoms with van der Waals surface area (Å²) in [7, 11) is 0. The molecule has 0 radical (unpaired) electrons. The Hall–Kier alpha value is -0.970. The van der Waals surface area contributed by atoms with Crippen molar-refractivity contribution in [2.75, 3.05) is 19.8 Å². The lowest BCUT2D eigenvalue weighted by molar-refractivity contribution is 0.0358. The molecular weight excluding hydrogens is 216 g/mol. The number of aliphatic hydroxyl groups excluding tert-OH is 1. The summed E-state index contributed by atoms with van der Waals surface area (Å²) in [5.74, 6) is 0. The average molecular weight is 238 g/mol. The molecule has 0 bridgehead atoms. The van der Waals surface area contributed by atoms with Crippen LogP contribution in [0.4, 0.5) is 0 Å². The minimum absolute atomic E-state index is 0.406. The largest absolute Gasteiger partial charge is 0.389 e. The predicted octanol–water partition coefficient (Wildman–Crippen LogP) is 1.35. The molecule has 1 heterocycles. The summed E-state index contributed by atoms with van der Waals surface area (Å²) in [6.45, 7) is 4.56. The molecule has 1 atom stereocenters. The van der Waals surface area contributed by atoms with Gasteiger partial charge in [0.25, 0.3) is 0 Å². The third kappa shape index (κ3) is 7.05. The number of pyridine rings is 1. The van der Waals surface area contributed by atoms with Crippen LogP contribution < -0.4 is 5.32 Å². The summed E-state index contributed by atoms with van der Waals surface area (Å²) in [5, 5.41) is 12.8. The molecule has 0 aliphatic rings. The fourth-order valence-corrected chi connectivity index (χ4v) is 1.41. The van der Waals surface area contributed by atoms with E-state index in [-0.39, 0.29) is 0 Å². The van der Waals surface area contributed by atoms with Crippen LogP contribution in [0.15, 0.2) is 24.5 Å². The van der Waals surface area contributed by atoms with Crippen LogP contribution in [0.25, 0.3) is 0 Å². The van der Waals surface area contributed by atoms with Crippen molar-refractivity contribution >= 4 is 0 Å². The third-order valence-electron chi connectivity index (χ3n) is 2.41. The number of rotatable bonds is 9. The zero-order valence-electron chi connectivity index (χ0n) is 10.4. The maximum Gasteiger partial charge on any atom is 0.0897 e. The Labute approximate surface area is 103 Å². The maximum atomic E-state index is 9.63. The number of hydrogen-bond acceptors (Lipinski definition) is 4. The topological polar surface area (TPSA) is 54.4 Å². The number of ether oxygens (including phenoxy) is 1. The summed E-state index contributed by atoms with van der Waals surface area (Å²) in [5.41, 5.74) is 1.17. The summed E-state index contributed by atoms with van der Waals surface area (Å²) in [6, 6.07) is 3.91. The quantitative estimate of drug-likeness (QED) is 0.638. The lowest BCUT2D eigenvalue weighted by atomic mass is 10.2. The molecule has 96 valence electrons. The van der Waals surface area contributed by atoms with Gasteiger partial charge in [-0.25, -0.2) is 0 Å². The molecule has 0 fully saturated rings. The molecule has 4 nitrogen and oxygen atoms in total. The molecule has 0 aliphatic heterocycles. The van der Waals surface area contributed by atoms with E-state index >= 15 is 0 Å². The standard InChI is InChI=1S/C13H22N2O2/c1-2-3-8-17-11-13(16)10-15-9-12-4-6-14-7-5-12/h4-7,13,15-16H,2-3,8-11H2,1H3. The number of aromatic nitrogens is 1.